The summed E-state index contributed by atoms with van der Waals surface area (Å²) in [6.45, 7) is 1.77. The SMILES string of the molecule is Fc1ccc(C2(C3CCC(C=CCc4cc(C(F)(F)F)cc(C(F)(F)F)c4)(c4ccccc4)CC3)CCNCC2)cc1. The van der Waals surface area contributed by atoms with E-state index in [4.69, 9.17) is 0 Å². The summed E-state index contributed by atoms with van der Waals surface area (Å²) in [5.41, 5.74) is -0.848. The summed E-state index contributed by atoms with van der Waals surface area (Å²) >= 11 is 0. The second-order valence-corrected chi connectivity index (χ2v) is 11.7. The molecule has 0 bridgehead atoms. The lowest BCUT2D eigenvalue weighted by molar-refractivity contribution is -0.143. The molecule has 1 heterocycles. The minimum atomic E-state index is -4.88. The molecule has 0 unspecified atom stereocenters. The molecule has 1 aliphatic carbocycles. The third-order valence-electron chi connectivity index (χ3n) is 9.36. The number of halogens is 7. The Hall–Kier alpha value is -3.13. The molecule has 2 fully saturated rings. The van der Waals surface area contributed by atoms with E-state index >= 15 is 0 Å². The van der Waals surface area contributed by atoms with E-state index in [9.17, 15) is 30.7 Å². The average molecular weight is 590 g/mol. The van der Waals surface area contributed by atoms with E-state index in [1.165, 1.54) is 12.1 Å². The topological polar surface area (TPSA) is 12.0 Å². The van der Waals surface area contributed by atoms with Crippen LogP contribution in [0.5, 0.6) is 0 Å². The van der Waals surface area contributed by atoms with Gasteiger partial charge in [-0.05, 0) is 111 Å². The molecular weight excluding hydrogens is 555 g/mol. The van der Waals surface area contributed by atoms with Gasteiger partial charge < -0.3 is 5.32 Å². The van der Waals surface area contributed by atoms with E-state index in [1.54, 1.807) is 6.08 Å². The first-order valence-corrected chi connectivity index (χ1v) is 14.4. The van der Waals surface area contributed by atoms with Gasteiger partial charge in [-0.25, -0.2) is 4.39 Å². The Labute approximate surface area is 241 Å². The Bertz CT molecular complexity index is 1330. The van der Waals surface area contributed by atoms with Gasteiger partial charge in [-0.1, -0.05) is 54.6 Å². The monoisotopic (exact) mass is 589 g/mol. The maximum absolute atomic E-state index is 13.8. The first-order chi connectivity index (χ1) is 19.9. The molecule has 1 N–H and O–H groups in total. The fraction of sp³-hybridized carbons (Fsp3) is 0.412. The molecule has 0 spiro atoms. The number of rotatable bonds is 6. The zero-order chi connectivity index (χ0) is 30.0. The van der Waals surface area contributed by atoms with Crippen LogP contribution in [-0.2, 0) is 29.6 Å². The van der Waals surface area contributed by atoms with Crippen molar-refractivity contribution in [3.63, 3.8) is 0 Å². The van der Waals surface area contributed by atoms with Crippen LogP contribution in [0.15, 0.2) is 84.9 Å². The Kier molecular flexibility index (Phi) is 8.57. The van der Waals surface area contributed by atoms with E-state index in [0.717, 1.165) is 74.9 Å². The van der Waals surface area contributed by atoms with Crippen LogP contribution in [0.3, 0.4) is 0 Å². The molecule has 224 valence electrons. The van der Waals surface area contributed by atoms with Gasteiger partial charge in [-0.15, -0.1) is 0 Å². The lowest BCUT2D eigenvalue weighted by atomic mass is 9.56. The van der Waals surface area contributed by atoms with Gasteiger partial charge in [0, 0.05) is 10.8 Å². The molecule has 1 saturated carbocycles. The minimum absolute atomic E-state index is 0.0322. The molecule has 3 aromatic carbocycles. The molecule has 3 aromatic rings. The number of benzene rings is 3. The van der Waals surface area contributed by atoms with Gasteiger partial charge in [0.1, 0.15) is 5.82 Å². The van der Waals surface area contributed by atoms with Gasteiger partial charge in [0.25, 0.3) is 0 Å². The molecule has 0 aromatic heterocycles. The van der Waals surface area contributed by atoms with Crippen molar-refractivity contribution in [2.75, 3.05) is 13.1 Å². The molecule has 42 heavy (non-hydrogen) atoms. The highest BCUT2D eigenvalue weighted by Gasteiger charge is 2.45. The van der Waals surface area contributed by atoms with Crippen LogP contribution < -0.4 is 5.32 Å². The molecule has 0 atom stereocenters. The van der Waals surface area contributed by atoms with E-state index in [1.807, 2.05) is 48.5 Å². The Morgan fingerprint density at radius 1 is 0.714 bits per heavy atom. The maximum atomic E-state index is 13.8. The van der Waals surface area contributed by atoms with Crippen molar-refractivity contribution in [2.45, 2.75) is 68.1 Å². The molecular formula is C34H34F7N. The Balaban J connectivity index is 1.42. The predicted octanol–water partition coefficient (Wildman–Crippen LogP) is 9.41. The predicted molar refractivity (Wildman–Crippen MR) is 150 cm³/mol. The standard InChI is InChI=1S/C34H34F7N/c35-30-10-8-26(9-11-30)32(17-19-42-20-18-32)27-12-15-31(16-13-27,25-6-2-1-3-7-25)14-4-5-24-21-28(33(36,37)38)23-29(22-24)34(39,40)41/h1-4,6-11,14,21-23,27,42H,5,12-13,15-20H2. The first-order valence-electron chi connectivity index (χ1n) is 14.4. The Morgan fingerprint density at radius 3 is 1.83 bits per heavy atom. The van der Waals surface area contributed by atoms with Crippen molar-refractivity contribution in [1.82, 2.24) is 5.32 Å². The van der Waals surface area contributed by atoms with Crippen LogP contribution >= 0.6 is 0 Å². The molecule has 1 aliphatic heterocycles. The van der Waals surface area contributed by atoms with E-state index in [0.29, 0.717) is 5.92 Å². The van der Waals surface area contributed by atoms with Crippen molar-refractivity contribution in [2.24, 2.45) is 5.92 Å². The number of nitrogens with one attached hydrogen (secondary N) is 1. The summed E-state index contributed by atoms with van der Waals surface area (Å²) in [6.07, 6.45) is -0.773. The van der Waals surface area contributed by atoms with E-state index in [-0.39, 0.29) is 34.7 Å². The van der Waals surface area contributed by atoms with Crippen molar-refractivity contribution in [1.29, 1.82) is 0 Å². The van der Waals surface area contributed by atoms with Crippen LogP contribution in [0.1, 0.15) is 66.3 Å². The molecule has 2 aliphatic rings. The van der Waals surface area contributed by atoms with Gasteiger partial charge >= 0.3 is 12.4 Å². The summed E-state index contributed by atoms with van der Waals surface area (Å²) in [4.78, 5) is 0. The van der Waals surface area contributed by atoms with Crippen molar-refractivity contribution in [3.05, 3.63) is 119 Å². The first kappa shape index (κ1) is 30.3. The molecule has 0 radical (unpaired) electrons. The van der Waals surface area contributed by atoms with Gasteiger partial charge in [0.15, 0.2) is 0 Å². The molecule has 5 rings (SSSR count). The third kappa shape index (κ3) is 6.43. The average Bonchev–Trinajstić information content (AvgIpc) is 2.97. The summed E-state index contributed by atoms with van der Waals surface area (Å²) in [5, 5.41) is 3.45. The van der Waals surface area contributed by atoms with E-state index in [2.05, 4.69) is 5.32 Å². The highest BCUT2D eigenvalue weighted by molar-refractivity contribution is 5.37. The normalized spacial score (nSPS) is 23.3. The quantitative estimate of drug-likeness (QED) is 0.223. The smallest absolute Gasteiger partial charge is 0.317 e. The lowest BCUT2D eigenvalue weighted by Crippen LogP contribution is -2.47. The fourth-order valence-corrected chi connectivity index (χ4v) is 7.15. The highest BCUT2D eigenvalue weighted by Crippen LogP contribution is 2.52. The second-order valence-electron chi connectivity index (χ2n) is 11.7. The number of hydrogen-bond acceptors (Lipinski definition) is 1. The number of hydrogen-bond donors (Lipinski definition) is 1. The van der Waals surface area contributed by atoms with Crippen LogP contribution in [0.4, 0.5) is 30.7 Å². The van der Waals surface area contributed by atoms with Gasteiger partial charge in [0.2, 0.25) is 0 Å². The lowest BCUT2D eigenvalue weighted by Gasteiger charge is -2.49. The third-order valence-corrected chi connectivity index (χ3v) is 9.36. The van der Waals surface area contributed by atoms with Gasteiger partial charge in [-0.3, -0.25) is 0 Å². The van der Waals surface area contributed by atoms with E-state index < -0.39 is 23.5 Å². The van der Waals surface area contributed by atoms with Crippen LogP contribution in [0, 0.1) is 11.7 Å². The summed E-state index contributed by atoms with van der Waals surface area (Å²) in [5.74, 6) is 0.107. The summed E-state index contributed by atoms with van der Waals surface area (Å²) < 4.78 is 94.1. The Morgan fingerprint density at radius 2 is 1.29 bits per heavy atom. The van der Waals surface area contributed by atoms with Crippen molar-refractivity contribution >= 4 is 0 Å². The molecule has 8 heteroatoms. The van der Waals surface area contributed by atoms with Gasteiger partial charge in [0.05, 0.1) is 11.1 Å². The highest BCUT2D eigenvalue weighted by atomic mass is 19.4. The second kappa shape index (κ2) is 11.9. The fourth-order valence-electron chi connectivity index (χ4n) is 7.15. The van der Waals surface area contributed by atoms with Gasteiger partial charge in [-0.2, -0.15) is 26.3 Å². The zero-order valence-electron chi connectivity index (χ0n) is 23.2. The molecule has 0 amide bonds. The number of piperidine rings is 1. The van der Waals surface area contributed by atoms with Crippen LogP contribution in [0.25, 0.3) is 0 Å². The molecule has 1 saturated heterocycles. The minimum Gasteiger partial charge on any atom is -0.317 e. The number of alkyl halides is 6. The van der Waals surface area contributed by atoms with Crippen molar-refractivity contribution < 1.29 is 30.7 Å². The van der Waals surface area contributed by atoms with Crippen molar-refractivity contribution in [3.8, 4) is 0 Å². The summed E-state index contributed by atoms with van der Waals surface area (Å²) in [6, 6.07) is 18.5. The maximum Gasteiger partial charge on any atom is 0.416 e. The van der Waals surface area contributed by atoms with Crippen LogP contribution in [-0.4, -0.2) is 13.1 Å². The molecule has 1 nitrogen and oxygen atoms in total. The van der Waals surface area contributed by atoms with Crippen LogP contribution in [0.2, 0.25) is 0 Å². The summed E-state index contributed by atoms with van der Waals surface area (Å²) in [7, 11) is 0. The number of allylic oxidation sites excluding steroid dienone is 2. The zero-order valence-corrected chi connectivity index (χ0v) is 23.2. The largest absolute Gasteiger partial charge is 0.416 e.